The van der Waals surface area contributed by atoms with Gasteiger partial charge in [-0.2, -0.15) is 0 Å². The molecular formula is C9H7BrClF2N. The second-order valence-corrected chi connectivity index (χ2v) is 4.74. The Labute approximate surface area is 93.4 Å². The van der Waals surface area contributed by atoms with Crippen LogP contribution >= 0.6 is 27.5 Å². The van der Waals surface area contributed by atoms with Gasteiger partial charge in [0.1, 0.15) is 5.54 Å². The van der Waals surface area contributed by atoms with Crippen molar-refractivity contribution < 1.29 is 8.78 Å². The average Bonchev–Trinajstić information content (AvgIpc) is 2.58. The van der Waals surface area contributed by atoms with Crippen LogP contribution in [0.2, 0.25) is 5.02 Å². The van der Waals surface area contributed by atoms with E-state index < -0.39 is 11.5 Å². The summed E-state index contributed by atoms with van der Waals surface area (Å²) in [4.78, 5) is 0. The van der Waals surface area contributed by atoms with Gasteiger partial charge in [0, 0.05) is 10.9 Å². The minimum atomic E-state index is -2.80. The molecule has 0 spiro atoms. The Kier molecular flexibility index (Phi) is 2.14. The van der Waals surface area contributed by atoms with Crippen molar-refractivity contribution in [1.82, 2.24) is 0 Å². The molecule has 1 fully saturated rings. The van der Waals surface area contributed by atoms with Crippen molar-refractivity contribution in [3.63, 3.8) is 0 Å². The fourth-order valence-corrected chi connectivity index (χ4v) is 1.82. The third-order valence-electron chi connectivity index (χ3n) is 2.46. The lowest BCUT2D eigenvalue weighted by atomic mass is 10.1. The molecule has 1 nitrogen and oxygen atoms in total. The lowest BCUT2D eigenvalue weighted by Gasteiger charge is -2.11. The summed E-state index contributed by atoms with van der Waals surface area (Å²) < 4.78 is 26.5. The minimum absolute atomic E-state index is 0.308. The van der Waals surface area contributed by atoms with Crippen molar-refractivity contribution in [3.8, 4) is 0 Å². The van der Waals surface area contributed by atoms with Crippen molar-refractivity contribution >= 4 is 27.5 Å². The molecule has 0 aromatic heterocycles. The molecule has 1 atom stereocenters. The second-order valence-electron chi connectivity index (χ2n) is 3.48. The molecule has 0 aliphatic heterocycles. The van der Waals surface area contributed by atoms with Crippen LogP contribution in [0.25, 0.3) is 0 Å². The van der Waals surface area contributed by atoms with Crippen LogP contribution in [-0.2, 0) is 5.54 Å². The number of hydrogen-bond acceptors (Lipinski definition) is 1. The first-order valence-corrected chi connectivity index (χ1v) is 5.16. The summed E-state index contributed by atoms with van der Waals surface area (Å²) in [5.74, 6) is -2.80. The van der Waals surface area contributed by atoms with Gasteiger partial charge in [-0.1, -0.05) is 17.7 Å². The van der Waals surface area contributed by atoms with Gasteiger partial charge in [-0.3, -0.25) is 0 Å². The van der Waals surface area contributed by atoms with Crippen molar-refractivity contribution in [3.05, 3.63) is 33.3 Å². The van der Waals surface area contributed by atoms with Crippen LogP contribution in [0.4, 0.5) is 8.78 Å². The van der Waals surface area contributed by atoms with E-state index >= 15 is 0 Å². The normalized spacial score (nSPS) is 28.9. The fourth-order valence-electron chi connectivity index (χ4n) is 1.39. The van der Waals surface area contributed by atoms with Crippen LogP contribution in [-0.4, -0.2) is 5.92 Å². The molecule has 0 amide bonds. The van der Waals surface area contributed by atoms with Crippen molar-refractivity contribution in [2.45, 2.75) is 17.9 Å². The fraction of sp³-hybridized carbons (Fsp3) is 0.333. The molecule has 0 heterocycles. The molecule has 14 heavy (non-hydrogen) atoms. The first-order valence-electron chi connectivity index (χ1n) is 3.99. The summed E-state index contributed by atoms with van der Waals surface area (Å²) in [7, 11) is 0. The molecule has 1 aromatic carbocycles. The van der Waals surface area contributed by atoms with Crippen molar-refractivity contribution in [1.29, 1.82) is 0 Å². The topological polar surface area (TPSA) is 26.0 Å². The predicted molar refractivity (Wildman–Crippen MR) is 54.6 cm³/mol. The van der Waals surface area contributed by atoms with Gasteiger partial charge >= 0.3 is 0 Å². The minimum Gasteiger partial charge on any atom is -0.316 e. The Morgan fingerprint density at radius 3 is 2.43 bits per heavy atom. The molecule has 1 aliphatic rings. The van der Waals surface area contributed by atoms with E-state index in [1.807, 2.05) is 0 Å². The van der Waals surface area contributed by atoms with Gasteiger partial charge in [0.25, 0.3) is 5.92 Å². The highest BCUT2D eigenvalue weighted by molar-refractivity contribution is 9.10. The van der Waals surface area contributed by atoms with E-state index in [0.29, 0.717) is 15.1 Å². The highest BCUT2D eigenvalue weighted by Gasteiger charge is 2.69. The van der Waals surface area contributed by atoms with E-state index in [4.69, 9.17) is 17.3 Å². The van der Waals surface area contributed by atoms with Gasteiger partial charge < -0.3 is 5.73 Å². The van der Waals surface area contributed by atoms with E-state index in [1.165, 1.54) is 6.07 Å². The summed E-state index contributed by atoms with van der Waals surface area (Å²) in [5, 5.41) is 0.398. The first-order chi connectivity index (χ1) is 6.37. The van der Waals surface area contributed by atoms with E-state index in [-0.39, 0.29) is 6.42 Å². The molecule has 0 saturated heterocycles. The van der Waals surface area contributed by atoms with Gasteiger partial charge in [-0.25, -0.2) is 8.78 Å². The first kappa shape index (κ1) is 10.3. The molecule has 1 unspecified atom stereocenters. The number of nitrogens with two attached hydrogens (primary N) is 1. The Hall–Kier alpha value is -0.190. The van der Waals surface area contributed by atoms with Gasteiger partial charge in [0.2, 0.25) is 0 Å². The highest BCUT2D eigenvalue weighted by atomic mass is 79.9. The summed E-state index contributed by atoms with van der Waals surface area (Å²) in [6.07, 6.45) is -0.308. The zero-order chi connectivity index (χ0) is 10.6. The molecule has 1 aromatic rings. The molecule has 2 rings (SSSR count). The monoisotopic (exact) mass is 281 g/mol. The standard InChI is InChI=1S/C9H7BrClF2N/c10-6-2-1-5(3-7(6)11)8(14)4-9(8,12)13/h1-3H,4,14H2. The molecule has 2 N–H and O–H groups in total. The molecular weight excluding hydrogens is 275 g/mol. The number of benzene rings is 1. The van der Waals surface area contributed by atoms with Crippen LogP contribution in [0.1, 0.15) is 12.0 Å². The van der Waals surface area contributed by atoms with Crippen LogP contribution in [0, 0.1) is 0 Å². The SMILES string of the molecule is NC1(c2ccc(Br)c(Cl)c2)CC1(F)F. The highest BCUT2D eigenvalue weighted by Crippen LogP contribution is 2.57. The zero-order valence-electron chi connectivity index (χ0n) is 7.03. The van der Waals surface area contributed by atoms with Crippen LogP contribution in [0.15, 0.2) is 22.7 Å². The van der Waals surface area contributed by atoms with E-state index in [2.05, 4.69) is 15.9 Å². The number of hydrogen-bond donors (Lipinski definition) is 1. The maximum Gasteiger partial charge on any atom is 0.272 e. The summed E-state index contributed by atoms with van der Waals surface area (Å²) >= 11 is 8.98. The van der Waals surface area contributed by atoms with Crippen molar-refractivity contribution in [2.75, 3.05) is 0 Å². The van der Waals surface area contributed by atoms with Crippen LogP contribution < -0.4 is 5.73 Å². The number of halogens is 4. The van der Waals surface area contributed by atoms with Crippen LogP contribution in [0.5, 0.6) is 0 Å². The number of alkyl halides is 2. The lowest BCUT2D eigenvalue weighted by Crippen LogP contribution is -2.27. The Bertz CT molecular complexity index is 396. The smallest absolute Gasteiger partial charge is 0.272 e. The Morgan fingerprint density at radius 1 is 1.43 bits per heavy atom. The van der Waals surface area contributed by atoms with E-state index in [0.717, 1.165) is 0 Å². The Balaban J connectivity index is 2.40. The predicted octanol–water partition coefficient (Wildman–Crippen LogP) is 3.30. The van der Waals surface area contributed by atoms with Gasteiger partial charge in [0.15, 0.2) is 0 Å². The summed E-state index contributed by atoms with van der Waals surface area (Å²) in [6.45, 7) is 0. The molecule has 76 valence electrons. The molecule has 5 heteroatoms. The maximum absolute atomic E-state index is 12.9. The van der Waals surface area contributed by atoms with E-state index in [9.17, 15) is 8.78 Å². The van der Waals surface area contributed by atoms with Gasteiger partial charge in [-0.15, -0.1) is 0 Å². The lowest BCUT2D eigenvalue weighted by molar-refractivity contribution is 0.0891. The van der Waals surface area contributed by atoms with Crippen LogP contribution in [0.3, 0.4) is 0 Å². The third kappa shape index (κ3) is 1.36. The second kappa shape index (κ2) is 2.90. The van der Waals surface area contributed by atoms with Gasteiger partial charge in [-0.05, 0) is 33.6 Å². The Morgan fingerprint density at radius 2 is 2.00 bits per heavy atom. The maximum atomic E-state index is 12.9. The quantitative estimate of drug-likeness (QED) is 0.840. The van der Waals surface area contributed by atoms with Crippen molar-refractivity contribution in [2.24, 2.45) is 5.73 Å². The third-order valence-corrected chi connectivity index (χ3v) is 3.70. The largest absolute Gasteiger partial charge is 0.316 e. The zero-order valence-corrected chi connectivity index (χ0v) is 9.37. The molecule has 0 radical (unpaired) electrons. The van der Waals surface area contributed by atoms with Gasteiger partial charge in [0.05, 0.1) is 5.02 Å². The molecule has 1 saturated carbocycles. The molecule has 0 bridgehead atoms. The summed E-state index contributed by atoms with van der Waals surface area (Å²) in [6, 6.07) is 4.67. The summed E-state index contributed by atoms with van der Waals surface area (Å²) in [5.41, 5.74) is 4.41. The molecule has 1 aliphatic carbocycles. The van der Waals surface area contributed by atoms with E-state index in [1.54, 1.807) is 12.1 Å². The number of rotatable bonds is 1. The average molecular weight is 283 g/mol.